The largest absolute Gasteiger partial charge is 0.198 e. The third kappa shape index (κ3) is 12.1. The monoisotopic (exact) mass is 212 g/mol. The van der Waals surface area contributed by atoms with Crippen LogP contribution in [0.15, 0.2) is 0 Å². The van der Waals surface area contributed by atoms with Crippen LogP contribution in [0.5, 0.6) is 0 Å². The fraction of sp³-hybridized carbons (Fsp3) is 0.571. The topological polar surface area (TPSA) is 47.6 Å². The van der Waals surface area contributed by atoms with E-state index in [1.54, 1.807) is 0 Å². The molecule has 0 fully saturated rings. The molecule has 0 aliphatic rings. The molecule has 0 aliphatic carbocycles. The van der Waals surface area contributed by atoms with Crippen LogP contribution in [0.1, 0.15) is 51.4 Å². The molecule has 82 valence electrons. The van der Waals surface area contributed by atoms with Crippen molar-refractivity contribution in [1.29, 1.82) is 10.5 Å². The van der Waals surface area contributed by atoms with Gasteiger partial charge in [-0.2, -0.15) is 10.5 Å². The van der Waals surface area contributed by atoms with Gasteiger partial charge in [-0.05, 0) is 37.5 Å². The van der Waals surface area contributed by atoms with Crippen molar-refractivity contribution < 1.29 is 0 Å². The Morgan fingerprint density at radius 2 is 0.938 bits per heavy atom. The first kappa shape index (κ1) is 14.1. The maximum Gasteiger partial charge on any atom is 0.0621 e. The van der Waals surface area contributed by atoms with Crippen LogP contribution in [0, 0.1) is 46.3 Å². The average molecular weight is 212 g/mol. The zero-order valence-electron chi connectivity index (χ0n) is 9.55. The highest BCUT2D eigenvalue weighted by molar-refractivity contribution is 5.25. The Morgan fingerprint density at radius 1 is 0.562 bits per heavy atom. The number of unbranched alkanes of at least 4 members (excludes halogenated alkanes) is 6. The standard InChI is InChI=1S/C14H16N2/c15-13-11-9-7-5-3-1-2-4-6-8-10-12-14-16/h5-12H2. The Morgan fingerprint density at radius 3 is 1.31 bits per heavy atom. The molecule has 0 saturated carbocycles. The Balaban J connectivity index is 3.35. The SMILES string of the molecule is N#CCCCCC#CC#CCCCCC#N. The number of nitriles is 2. The van der Waals surface area contributed by atoms with Crippen molar-refractivity contribution in [1.82, 2.24) is 0 Å². The highest BCUT2D eigenvalue weighted by atomic mass is 14.2. The first-order valence-electron chi connectivity index (χ1n) is 5.61. The van der Waals surface area contributed by atoms with Gasteiger partial charge in [-0.15, -0.1) is 0 Å². The second-order valence-corrected chi connectivity index (χ2v) is 3.33. The van der Waals surface area contributed by atoms with Gasteiger partial charge in [0.1, 0.15) is 0 Å². The molecular formula is C14H16N2. The Bertz CT molecular complexity index is 322. The van der Waals surface area contributed by atoms with Crippen LogP contribution in [0.25, 0.3) is 0 Å². The molecule has 16 heavy (non-hydrogen) atoms. The maximum atomic E-state index is 8.30. The van der Waals surface area contributed by atoms with Crippen LogP contribution in [-0.2, 0) is 0 Å². The van der Waals surface area contributed by atoms with E-state index in [0.29, 0.717) is 12.8 Å². The summed E-state index contributed by atoms with van der Waals surface area (Å²) in [6, 6.07) is 4.21. The summed E-state index contributed by atoms with van der Waals surface area (Å²) in [7, 11) is 0. The molecule has 0 rings (SSSR count). The van der Waals surface area contributed by atoms with Gasteiger partial charge in [-0.1, -0.05) is 11.8 Å². The number of nitrogens with zero attached hydrogens (tertiary/aromatic N) is 2. The lowest BCUT2D eigenvalue weighted by Crippen LogP contribution is -1.73. The zero-order chi connectivity index (χ0) is 11.9. The van der Waals surface area contributed by atoms with E-state index in [9.17, 15) is 0 Å². The molecule has 0 atom stereocenters. The molecule has 0 radical (unpaired) electrons. The second-order valence-electron chi connectivity index (χ2n) is 3.33. The molecule has 0 aromatic carbocycles. The smallest absolute Gasteiger partial charge is 0.0621 e. The molecule has 0 aromatic rings. The molecule has 0 N–H and O–H groups in total. The lowest BCUT2D eigenvalue weighted by molar-refractivity contribution is 0.777. The quantitative estimate of drug-likeness (QED) is 0.501. The Hall–Kier alpha value is -1.90. The third-order valence-corrected chi connectivity index (χ3v) is 1.92. The number of hydrogen-bond donors (Lipinski definition) is 0. The van der Waals surface area contributed by atoms with E-state index in [1.807, 2.05) is 0 Å². The van der Waals surface area contributed by atoms with Crippen LogP contribution in [0.2, 0.25) is 0 Å². The fourth-order valence-electron chi connectivity index (χ4n) is 1.05. The van der Waals surface area contributed by atoms with E-state index in [2.05, 4.69) is 35.8 Å². The highest BCUT2D eigenvalue weighted by Crippen LogP contribution is 1.97. The zero-order valence-corrected chi connectivity index (χ0v) is 9.55. The van der Waals surface area contributed by atoms with Crippen molar-refractivity contribution >= 4 is 0 Å². The van der Waals surface area contributed by atoms with E-state index < -0.39 is 0 Å². The molecule has 0 aromatic heterocycles. The minimum Gasteiger partial charge on any atom is -0.198 e. The van der Waals surface area contributed by atoms with Crippen molar-refractivity contribution in [2.75, 3.05) is 0 Å². The highest BCUT2D eigenvalue weighted by Gasteiger charge is 1.83. The van der Waals surface area contributed by atoms with E-state index in [1.165, 1.54) is 0 Å². The predicted octanol–water partition coefficient (Wildman–Crippen LogP) is 3.16. The summed E-state index contributed by atoms with van der Waals surface area (Å²) in [5.74, 6) is 11.5. The van der Waals surface area contributed by atoms with E-state index in [0.717, 1.165) is 38.5 Å². The van der Waals surface area contributed by atoms with Crippen LogP contribution < -0.4 is 0 Å². The molecule has 0 unspecified atom stereocenters. The van der Waals surface area contributed by atoms with Crippen molar-refractivity contribution in [3.05, 3.63) is 0 Å². The molecule has 0 aliphatic heterocycles. The average Bonchev–Trinajstić information content (AvgIpc) is 2.31. The van der Waals surface area contributed by atoms with Gasteiger partial charge in [-0.25, -0.2) is 0 Å². The molecule has 0 spiro atoms. The summed E-state index contributed by atoms with van der Waals surface area (Å²) in [6.45, 7) is 0. The van der Waals surface area contributed by atoms with E-state index >= 15 is 0 Å². The van der Waals surface area contributed by atoms with Crippen molar-refractivity contribution in [3.8, 4) is 35.8 Å². The number of rotatable bonds is 6. The summed E-state index contributed by atoms with van der Waals surface area (Å²) in [5, 5.41) is 16.6. The molecule has 0 bridgehead atoms. The van der Waals surface area contributed by atoms with Crippen molar-refractivity contribution in [2.24, 2.45) is 0 Å². The van der Waals surface area contributed by atoms with Crippen LogP contribution in [0.3, 0.4) is 0 Å². The molecule has 0 heterocycles. The van der Waals surface area contributed by atoms with Crippen LogP contribution >= 0.6 is 0 Å². The normalized spacial score (nSPS) is 7.62. The molecule has 2 nitrogen and oxygen atoms in total. The Labute approximate surface area is 98.3 Å². The van der Waals surface area contributed by atoms with Gasteiger partial charge in [0.15, 0.2) is 0 Å². The van der Waals surface area contributed by atoms with Gasteiger partial charge < -0.3 is 0 Å². The lowest BCUT2D eigenvalue weighted by atomic mass is 10.2. The van der Waals surface area contributed by atoms with Crippen LogP contribution in [-0.4, -0.2) is 0 Å². The first-order valence-corrected chi connectivity index (χ1v) is 5.61. The van der Waals surface area contributed by atoms with Gasteiger partial charge in [0.05, 0.1) is 12.1 Å². The van der Waals surface area contributed by atoms with Gasteiger partial charge in [0, 0.05) is 25.7 Å². The predicted molar refractivity (Wildman–Crippen MR) is 63.7 cm³/mol. The van der Waals surface area contributed by atoms with Gasteiger partial charge >= 0.3 is 0 Å². The Kier molecular flexibility index (Phi) is 11.5. The summed E-state index contributed by atoms with van der Waals surface area (Å²) in [4.78, 5) is 0. The number of hydrogen-bond acceptors (Lipinski definition) is 2. The van der Waals surface area contributed by atoms with Crippen molar-refractivity contribution in [3.63, 3.8) is 0 Å². The second kappa shape index (κ2) is 13.1. The third-order valence-electron chi connectivity index (χ3n) is 1.92. The van der Waals surface area contributed by atoms with Gasteiger partial charge in [0.25, 0.3) is 0 Å². The maximum absolute atomic E-state index is 8.30. The van der Waals surface area contributed by atoms with Crippen LogP contribution in [0.4, 0.5) is 0 Å². The lowest BCUT2D eigenvalue weighted by Gasteiger charge is -1.86. The molecule has 0 amide bonds. The summed E-state index contributed by atoms with van der Waals surface area (Å²) >= 11 is 0. The van der Waals surface area contributed by atoms with Gasteiger partial charge in [-0.3, -0.25) is 0 Å². The minimum absolute atomic E-state index is 0.617. The minimum atomic E-state index is 0.617. The first-order chi connectivity index (χ1) is 7.91. The van der Waals surface area contributed by atoms with E-state index in [-0.39, 0.29) is 0 Å². The van der Waals surface area contributed by atoms with Crippen molar-refractivity contribution in [2.45, 2.75) is 51.4 Å². The van der Waals surface area contributed by atoms with E-state index in [4.69, 9.17) is 10.5 Å². The molecule has 0 saturated heterocycles. The molecule has 2 heteroatoms. The summed E-state index contributed by atoms with van der Waals surface area (Å²) in [6.07, 6.45) is 6.68. The summed E-state index contributed by atoms with van der Waals surface area (Å²) < 4.78 is 0. The molecular weight excluding hydrogens is 196 g/mol. The fourth-order valence-corrected chi connectivity index (χ4v) is 1.05. The van der Waals surface area contributed by atoms with Gasteiger partial charge in [0.2, 0.25) is 0 Å². The summed E-state index contributed by atoms with van der Waals surface area (Å²) in [5.41, 5.74) is 0.